The van der Waals surface area contributed by atoms with Crippen LogP contribution >= 0.6 is 11.8 Å². The zero-order valence-electron chi connectivity index (χ0n) is 20.4. The first-order valence-corrected chi connectivity index (χ1v) is 11.7. The van der Waals surface area contributed by atoms with Crippen LogP contribution in [0.15, 0.2) is 63.3 Å². The fourth-order valence-electron chi connectivity index (χ4n) is 3.69. The first kappa shape index (κ1) is 25.2. The Bertz CT molecular complexity index is 1350. The first-order chi connectivity index (χ1) is 16.0. The third-order valence-electron chi connectivity index (χ3n) is 5.60. The summed E-state index contributed by atoms with van der Waals surface area (Å²) in [4.78, 5) is 27.8. The van der Waals surface area contributed by atoms with E-state index in [4.69, 9.17) is 4.42 Å². The van der Waals surface area contributed by atoms with Crippen molar-refractivity contribution >= 4 is 39.3 Å². The van der Waals surface area contributed by atoms with Gasteiger partial charge in [0.25, 0.3) is 0 Å². The number of hydrogen-bond donors (Lipinski definition) is 2. The minimum atomic E-state index is -1.01. The number of fused-ring (bicyclic) bond motifs is 1. The van der Waals surface area contributed by atoms with Gasteiger partial charge in [0.1, 0.15) is 11.3 Å². The standard InChI is InChI=1S/C27H30N2O4S/c1-8-23(34-18(5)29(6)7)25-16(3)24(30)21-14-15(2)13-20(26(21)33-25)17(4)28-22-12-10-9-11-19(22)27(31)32/h8-14,17,28H,5H2,1-4,6-7H3,(H,31,32)/b23-8-. The quantitative estimate of drug-likeness (QED) is 0.387. The van der Waals surface area contributed by atoms with Crippen LogP contribution in [0.5, 0.6) is 0 Å². The highest BCUT2D eigenvalue weighted by molar-refractivity contribution is 8.11. The second-order valence-electron chi connectivity index (χ2n) is 8.38. The Morgan fingerprint density at radius 1 is 1.24 bits per heavy atom. The molecule has 0 aliphatic carbocycles. The molecule has 3 rings (SSSR count). The van der Waals surface area contributed by atoms with Gasteiger partial charge in [-0.25, -0.2) is 4.79 Å². The Kier molecular flexibility index (Phi) is 7.57. The molecule has 0 aliphatic rings. The van der Waals surface area contributed by atoms with Crippen molar-refractivity contribution in [1.29, 1.82) is 0 Å². The number of rotatable bonds is 8. The molecule has 178 valence electrons. The summed E-state index contributed by atoms with van der Waals surface area (Å²) >= 11 is 1.44. The molecule has 0 amide bonds. The molecule has 2 N–H and O–H groups in total. The van der Waals surface area contributed by atoms with Crippen molar-refractivity contribution in [3.63, 3.8) is 0 Å². The van der Waals surface area contributed by atoms with Crippen LogP contribution in [0.2, 0.25) is 0 Å². The van der Waals surface area contributed by atoms with Gasteiger partial charge in [-0.15, -0.1) is 0 Å². The second kappa shape index (κ2) is 10.2. The number of aromatic carboxylic acids is 1. The van der Waals surface area contributed by atoms with Crippen molar-refractivity contribution in [3.8, 4) is 0 Å². The van der Waals surface area contributed by atoms with E-state index in [1.165, 1.54) is 11.8 Å². The van der Waals surface area contributed by atoms with Gasteiger partial charge in [-0.1, -0.05) is 42.6 Å². The lowest BCUT2D eigenvalue weighted by atomic mass is 9.99. The van der Waals surface area contributed by atoms with Crippen LogP contribution in [0.1, 0.15) is 52.7 Å². The minimum Gasteiger partial charge on any atom is -0.478 e. The SMILES string of the molecule is C=C(S/C(=C\C)c1oc2c(C(C)Nc3ccccc3C(=O)O)cc(C)cc2c(=O)c1C)N(C)C. The number of nitrogens with zero attached hydrogens (tertiary/aromatic N) is 1. The van der Waals surface area contributed by atoms with Gasteiger partial charge in [0.05, 0.1) is 26.9 Å². The van der Waals surface area contributed by atoms with Crippen LogP contribution in [0.3, 0.4) is 0 Å². The molecule has 1 atom stereocenters. The highest BCUT2D eigenvalue weighted by Gasteiger charge is 2.21. The van der Waals surface area contributed by atoms with Gasteiger partial charge in [-0.2, -0.15) is 0 Å². The van der Waals surface area contributed by atoms with Crippen LogP contribution in [-0.4, -0.2) is 30.1 Å². The zero-order valence-corrected chi connectivity index (χ0v) is 21.2. The molecule has 0 saturated carbocycles. The van der Waals surface area contributed by atoms with E-state index in [0.717, 1.165) is 21.1 Å². The Morgan fingerprint density at radius 3 is 2.53 bits per heavy atom. The number of anilines is 1. The number of hydrogen-bond acceptors (Lipinski definition) is 6. The molecule has 0 radical (unpaired) electrons. The summed E-state index contributed by atoms with van der Waals surface area (Å²) in [6, 6.07) is 10.2. The number of thioether (sulfide) groups is 1. The van der Waals surface area contributed by atoms with E-state index in [-0.39, 0.29) is 17.0 Å². The van der Waals surface area contributed by atoms with E-state index in [2.05, 4.69) is 11.9 Å². The Hall–Kier alpha value is -3.45. The average Bonchev–Trinajstić information content (AvgIpc) is 2.79. The van der Waals surface area contributed by atoms with Crippen LogP contribution in [-0.2, 0) is 0 Å². The van der Waals surface area contributed by atoms with Gasteiger partial charge < -0.3 is 19.7 Å². The number of nitrogens with one attached hydrogen (secondary N) is 1. The number of carboxylic acids is 1. The fourth-order valence-corrected chi connectivity index (χ4v) is 4.53. The minimum absolute atomic E-state index is 0.0882. The Balaban J connectivity index is 2.17. The van der Waals surface area contributed by atoms with Crippen molar-refractivity contribution in [2.45, 2.75) is 33.7 Å². The molecular formula is C27H30N2O4S. The van der Waals surface area contributed by atoms with Crippen LogP contribution in [0, 0.1) is 13.8 Å². The molecule has 1 aromatic heterocycles. The predicted molar refractivity (Wildman–Crippen MR) is 141 cm³/mol. The molecule has 1 heterocycles. The summed E-state index contributed by atoms with van der Waals surface area (Å²) in [6.45, 7) is 11.6. The molecule has 1 unspecified atom stereocenters. The van der Waals surface area contributed by atoms with E-state index in [0.29, 0.717) is 28.0 Å². The number of aryl methyl sites for hydroxylation is 1. The lowest BCUT2D eigenvalue weighted by molar-refractivity contribution is 0.0698. The predicted octanol–water partition coefficient (Wildman–Crippen LogP) is 6.41. The zero-order chi connectivity index (χ0) is 25.2. The highest BCUT2D eigenvalue weighted by atomic mass is 32.2. The molecule has 7 heteroatoms. The maximum Gasteiger partial charge on any atom is 0.337 e. The van der Waals surface area contributed by atoms with Crippen molar-refractivity contribution in [2.24, 2.45) is 0 Å². The number of para-hydroxylation sites is 1. The maximum absolute atomic E-state index is 13.4. The molecule has 0 bridgehead atoms. The summed E-state index contributed by atoms with van der Waals surface area (Å²) in [7, 11) is 3.82. The van der Waals surface area contributed by atoms with Gasteiger partial charge in [-0.3, -0.25) is 4.79 Å². The first-order valence-electron chi connectivity index (χ1n) is 10.9. The molecule has 2 aromatic carbocycles. The lowest BCUT2D eigenvalue weighted by Gasteiger charge is -2.21. The third-order valence-corrected chi connectivity index (χ3v) is 6.84. The van der Waals surface area contributed by atoms with E-state index >= 15 is 0 Å². The molecule has 0 spiro atoms. The van der Waals surface area contributed by atoms with Gasteiger partial charge in [0.2, 0.25) is 0 Å². The highest BCUT2D eigenvalue weighted by Crippen LogP contribution is 2.37. The largest absolute Gasteiger partial charge is 0.478 e. The molecule has 3 aromatic rings. The van der Waals surface area contributed by atoms with Gasteiger partial charge in [0.15, 0.2) is 5.43 Å². The Labute approximate surface area is 204 Å². The van der Waals surface area contributed by atoms with Crippen molar-refractivity contribution in [3.05, 3.63) is 92.3 Å². The van der Waals surface area contributed by atoms with Crippen LogP contribution < -0.4 is 10.7 Å². The number of carboxylic acid groups (broad SMARTS) is 1. The summed E-state index contributed by atoms with van der Waals surface area (Å²) in [5.74, 6) is -0.499. The Morgan fingerprint density at radius 2 is 1.91 bits per heavy atom. The van der Waals surface area contributed by atoms with E-state index in [1.54, 1.807) is 31.2 Å². The third kappa shape index (κ3) is 5.04. The lowest BCUT2D eigenvalue weighted by Crippen LogP contribution is -2.14. The van der Waals surface area contributed by atoms with Crippen LogP contribution in [0.4, 0.5) is 5.69 Å². The summed E-state index contributed by atoms with van der Waals surface area (Å²) in [5, 5.41) is 14.2. The monoisotopic (exact) mass is 478 g/mol. The van der Waals surface area contributed by atoms with Crippen molar-refractivity contribution in [2.75, 3.05) is 19.4 Å². The van der Waals surface area contributed by atoms with Crippen molar-refractivity contribution < 1.29 is 14.3 Å². The number of benzene rings is 2. The smallest absolute Gasteiger partial charge is 0.337 e. The molecule has 6 nitrogen and oxygen atoms in total. The van der Waals surface area contributed by atoms with Crippen LogP contribution in [0.25, 0.3) is 15.9 Å². The molecular weight excluding hydrogens is 448 g/mol. The van der Waals surface area contributed by atoms with E-state index in [9.17, 15) is 14.7 Å². The fraction of sp³-hybridized carbons (Fsp3) is 0.259. The topological polar surface area (TPSA) is 82.8 Å². The number of carbonyl (C=O) groups is 1. The summed E-state index contributed by atoms with van der Waals surface area (Å²) < 4.78 is 6.42. The summed E-state index contributed by atoms with van der Waals surface area (Å²) in [5.41, 5.74) is 3.31. The van der Waals surface area contributed by atoms with Gasteiger partial charge in [-0.05, 0) is 51.5 Å². The van der Waals surface area contributed by atoms with E-state index in [1.807, 2.05) is 58.0 Å². The molecule has 34 heavy (non-hydrogen) atoms. The number of allylic oxidation sites excluding steroid dienone is 1. The maximum atomic E-state index is 13.4. The van der Waals surface area contributed by atoms with Gasteiger partial charge >= 0.3 is 5.97 Å². The summed E-state index contributed by atoms with van der Waals surface area (Å²) in [6.07, 6.45) is 1.91. The van der Waals surface area contributed by atoms with Gasteiger partial charge in [0, 0.05) is 30.9 Å². The second-order valence-corrected chi connectivity index (χ2v) is 9.49. The molecule has 0 fully saturated rings. The molecule has 0 aliphatic heterocycles. The molecule has 0 saturated heterocycles. The van der Waals surface area contributed by atoms with Crippen molar-refractivity contribution in [1.82, 2.24) is 4.90 Å². The van der Waals surface area contributed by atoms with E-state index < -0.39 is 5.97 Å². The average molecular weight is 479 g/mol. The normalized spacial score (nSPS) is 12.5.